The summed E-state index contributed by atoms with van der Waals surface area (Å²) in [6.07, 6.45) is 2.25. The minimum Gasteiger partial charge on any atom is -0.449 e. The molecule has 0 saturated heterocycles. The zero-order chi connectivity index (χ0) is 22.9. The number of aryl methyl sites for hydroxylation is 2. The Labute approximate surface area is 196 Å². The maximum absolute atomic E-state index is 6.71. The van der Waals surface area contributed by atoms with Crippen molar-refractivity contribution in [2.24, 2.45) is 7.05 Å². The lowest BCUT2D eigenvalue weighted by atomic mass is 9.90. The number of rotatable bonds is 2. The summed E-state index contributed by atoms with van der Waals surface area (Å²) < 4.78 is 8.95. The van der Waals surface area contributed by atoms with Gasteiger partial charge in [0.2, 0.25) is 5.75 Å². The minimum absolute atomic E-state index is 0.954. The van der Waals surface area contributed by atoms with Gasteiger partial charge in [0.1, 0.15) is 20.9 Å². The lowest BCUT2D eigenvalue weighted by Crippen LogP contribution is -2.52. The Kier molecular flexibility index (Phi) is 4.30. The summed E-state index contributed by atoms with van der Waals surface area (Å²) >= 11 is 0. The quantitative estimate of drug-likeness (QED) is 0.234. The molecule has 1 aliphatic rings. The molecule has 0 unspecified atom stereocenters. The molecule has 3 heteroatoms. The van der Waals surface area contributed by atoms with Gasteiger partial charge < -0.3 is 4.74 Å². The van der Waals surface area contributed by atoms with E-state index in [1.54, 1.807) is 0 Å². The maximum Gasteiger partial charge on any atom is 0.257 e. The fraction of sp³-hybridized carbons (Fsp3) is 0.167. The summed E-state index contributed by atoms with van der Waals surface area (Å²) in [4.78, 5) is 0. The molecule has 2 heterocycles. The van der Waals surface area contributed by atoms with Crippen molar-refractivity contribution < 1.29 is 9.30 Å². The average Bonchev–Trinajstić information content (AvgIpc) is 2.82. The van der Waals surface area contributed by atoms with Crippen molar-refractivity contribution in [3.05, 3.63) is 90.1 Å². The summed E-state index contributed by atoms with van der Waals surface area (Å²) in [7, 11) is 0.304. The second-order valence-corrected chi connectivity index (χ2v) is 14.3. The highest BCUT2D eigenvalue weighted by Crippen LogP contribution is 2.49. The number of ether oxygens (including phenoxy) is 1. The molecule has 0 bridgehead atoms. The molecule has 0 spiro atoms. The van der Waals surface area contributed by atoms with Gasteiger partial charge in [-0.2, -0.15) is 4.57 Å². The van der Waals surface area contributed by atoms with Gasteiger partial charge in [-0.25, -0.2) is 0 Å². The Morgan fingerprint density at radius 3 is 2.36 bits per heavy atom. The lowest BCUT2D eigenvalue weighted by Gasteiger charge is -2.26. The minimum atomic E-state index is -1.83. The fourth-order valence-electron chi connectivity index (χ4n) is 5.38. The molecule has 0 fully saturated rings. The van der Waals surface area contributed by atoms with Gasteiger partial charge in [-0.05, 0) is 42.5 Å². The number of pyridine rings is 1. The molecular weight excluding hydrogens is 418 g/mol. The van der Waals surface area contributed by atoms with Crippen LogP contribution in [0.25, 0.3) is 32.8 Å². The van der Waals surface area contributed by atoms with Crippen LogP contribution in [-0.4, -0.2) is 8.07 Å². The molecule has 0 aliphatic carbocycles. The molecule has 1 aromatic heterocycles. The van der Waals surface area contributed by atoms with Gasteiger partial charge in [0.15, 0.2) is 6.20 Å². The highest BCUT2D eigenvalue weighted by atomic mass is 28.3. The van der Waals surface area contributed by atoms with Crippen LogP contribution in [-0.2, 0) is 7.05 Å². The van der Waals surface area contributed by atoms with Crippen LogP contribution in [0.2, 0.25) is 13.1 Å². The summed E-state index contributed by atoms with van der Waals surface area (Å²) in [5.41, 5.74) is 5.11. The molecule has 0 atom stereocenters. The van der Waals surface area contributed by atoms with E-state index in [-0.39, 0.29) is 0 Å². The van der Waals surface area contributed by atoms with Crippen molar-refractivity contribution >= 4 is 40.0 Å². The van der Waals surface area contributed by atoms with Crippen molar-refractivity contribution in [1.29, 1.82) is 0 Å². The highest BCUT2D eigenvalue weighted by Gasteiger charge is 2.33. The number of hydrogen-bond donors (Lipinski definition) is 0. The summed E-state index contributed by atoms with van der Waals surface area (Å²) in [5.74, 6) is 1.93. The van der Waals surface area contributed by atoms with Crippen LogP contribution >= 0.6 is 0 Å². The summed E-state index contributed by atoms with van der Waals surface area (Å²) in [5, 5.41) is 7.73. The first-order valence-corrected chi connectivity index (χ1v) is 14.6. The standard InChI is InChI=1S/C30H28NOSi/c1-19-16-21-10-9-13-26-28(21)27(20(19)2)29-30(32-26)25-17-24(15-14-22(25)18-31(29)3)33(4,5)23-11-7-6-8-12-23/h6-18H,1-5H3/q+1. The second kappa shape index (κ2) is 7.03. The van der Waals surface area contributed by atoms with Crippen molar-refractivity contribution in [3.8, 4) is 22.8 Å². The molecule has 0 radical (unpaired) electrons. The van der Waals surface area contributed by atoms with E-state index in [9.17, 15) is 0 Å². The Hall–Kier alpha value is -3.43. The zero-order valence-corrected chi connectivity index (χ0v) is 20.9. The van der Waals surface area contributed by atoms with Gasteiger partial charge in [0, 0.05) is 16.2 Å². The molecule has 162 valence electrons. The first-order valence-electron chi connectivity index (χ1n) is 11.6. The van der Waals surface area contributed by atoms with Gasteiger partial charge in [0.25, 0.3) is 5.69 Å². The molecule has 5 aromatic rings. The molecule has 2 nitrogen and oxygen atoms in total. The second-order valence-electron chi connectivity index (χ2n) is 9.86. The first kappa shape index (κ1) is 20.2. The lowest BCUT2D eigenvalue weighted by molar-refractivity contribution is -0.659. The number of benzene rings is 4. The Balaban J connectivity index is 1.67. The smallest absolute Gasteiger partial charge is 0.257 e. The third-order valence-corrected chi connectivity index (χ3v) is 11.0. The normalized spacial score (nSPS) is 12.6. The van der Waals surface area contributed by atoms with Gasteiger partial charge in [-0.1, -0.05) is 84.1 Å². The van der Waals surface area contributed by atoms with Gasteiger partial charge >= 0.3 is 0 Å². The van der Waals surface area contributed by atoms with E-state index < -0.39 is 8.07 Å². The van der Waals surface area contributed by atoms with E-state index in [1.807, 2.05) is 0 Å². The van der Waals surface area contributed by atoms with Crippen LogP contribution in [0.3, 0.4) is 0 Å². The van der Waals surface area contributed by atoms with E-state index in [4.69, 9.17) is 4.74 Å². The molecule has 0 saturated carbocycles. The van der Waals surface area contributed by atoms with Crippen LogP contribution in [0.15, 0.2) is 79.0 Å². The van der Waals surface area contributed by atoms with E-state index in [0.29, 0.717) is 0 Å². The monoisotopic (exact) mass is 446 g/mol. The number of aromatic nitrogens is 1. The molecule has 0 amide bonds. The number of fused-ring (bicyclic) bond motifs is 4. The van der Waals surface area contributed by atoms with Crippen molar-refractivity contribution in [2.75, 3.05) is 0 Å². The van der Waals surface area contributed by atoms with E-state index in [0.717, 1.165) is 11.5 Å². The largest absolute Gasteiger partial charge is 0.449 e. The average molecular weight is 447 g/mol. The predicted octanol–water partition coefficient (Wildman–Crippen LogP) is 6.03. The van der Waals surface area contributed by atoms with Crippen molar-refractivity contribution in [2.45, 2.75) is 26.9 Å². The van der Waals surface area contributed by atoms with E-state index in [2.05, 4.69) is 118 Å². The van der Waals surface area contributed by atoms with E-state index >= 15 is 0 Å². The predicted molar refractivity (Wildman–Crippen MR) is 141 cm³/mol. The van der Waals surface area contributed by atoms with Gasteiger partial charge in [-0.3, -0.25) is 0 Å². The zero-order valence-electron chi connectivity index (χ0n) is 19.9. The SMILES string of the molecule is Cc1cc2cccc3c2c(c1C)-c1c(c2cc([Si](C)(C)c4ccccc4)ccc2c[n+]1C)O3. The van der Waals surface area contributed by atoms with Crippen LogP contribution < -0.4 is 19.7 Å². The van der Waals surface area contributed by atoms with E-state index in [1.165, 1.54) is 54.3 Å². The van der Waals surface area contributed by atoms with Gasteiger partial charge in [0.05, 0.1) is 5.56 Å². The first-order chi connectivity index (χ1) is 15.9. The number of nitrogens with zero attached hydrogens (tertiary/aromatic N) is 1. The Bertz CT molecular complexity index is 1580. The topological polar surface area (TPSA) is 13.1 Å². The Morgan fingerprint density at radius 2 is 1.58 bits per heavy atom. The molecule has 4 aromatic carbocycles. The van der Waals surface area contributed by atoms with Crippen LogP contribution in [0.1, 0.15) is 11.1 Å². The summed E-state index contributed by atoms with van der Waals surface area (Å²) in [6, 6.07) is 26.6. The van der Waals surface area contributed by atoms with Crippen LogP contribution in [0, 0.1) is 13.8 Å². The maximum atomic E-state index is 6.71. The molecule has 0 N–H and O–H groups in total. The summed E-state index contributed by atoms with van der Waals surface area (Å²) in [6.45, 7) is 9.31. The molecular formula is C30H28NOSi+. The third-order valence-electron chi connectivity index (χ3n) is 7.51. The van der Waals surface area contributed by atoms with Crippen LogP contribution in [0.5, 0.6) is 11.5 Å². The van der Waals surface area contributed by atoms with Crippen molar-refractivity contribution in [3.63, 3.8) is 0 Å². The van der Waals surface area contributed by atoms with Crippen molar-refractivity contribution in [1.82, 2.24) is 0 Å². The van der Waals surface area contributed by atoms with Gasteiger partial charge in [-0.15, -0.1) is 0 Å². The molecule has 6 rings (SSSR count). The third kappa shape index (κ3) is 2.89. The Morgan fingerprint density at radius 1 is 0.788 bits per heavy atom. The highest BCUT2D eigenvalue weighted by molar-refractivity contribution is 7.00. The number of hydrogen-bond acceptors (Lipinski definition) is 1. The fourth-order valence-corrected chi connectivity index (χ4v) is 7.75. The van der Waals surface area contributed by atoms with Crippen LogP contribution in [0.4, 0.5) is 0 Å². The molecule has 1 aliphatic heterocycles. The molecule has 33 heavy (non-hydrogen) atoms.